The number of benzene rings is 2. The topological polar surface area (TPSA) is 61.8 Å². The van der Waals surface area contributed by atoms with Crippen molar-refractivity contribution in [3.8, 4) is 0 Å². The number of carbonyl (C=O) groups is 2. The lowest BCUT2D eigenvalue weighted by atomic mass is 9.74. The standard InChI is InChI=1S/C25H28O5.C2H6/c1-2-28-23(26)15-16-24(27)29-18-9-14-22-17-19-30-25(22,20-10-5-3-6-11-20)21-12-7-4-8-13-21;1-2/h3-8,10-13,15-16,22H,2,9,14,17-19H2,1H3;1-2H3/b16-15-;. The van der Waals surface area contributed by atoms with Crippen molar-refractivity contribution in [1.29, 1.82) is 0 Å². The first-order chi connectivity index (χ1) is 15.7. The molecule has 2 aromatic rings. The second-order valence-corrected chi connectivity index (χ2v) is 7.20. The summed E-state index contributed by atoms with van der Waals surface area (Å²) in [5.74, 6) is -0.813. The van der Waals surface area contributed by atoms with Crippen LogP contribution in [0.1, 0.15) is 51.2 Å². The molecule has 2 aromatic carbocycles. The van der Waals surface area contributed by atoms with Gasteiger partial charge in [0.25, 0.3) is 0 Å². The van der Waals surface area contributed by atoms with Crippen molar-refractivity contribution in [2.75, 3.05) is 19.8 Å². The Bertz CT molecular complexity index is 805. The molecule has 1 heterocycles. The quantitative estimate of drug-likeness (QED) is 0.297. The van der Waals surface area contributed by atoms with E-state index < -0.39 is 17.5 Å². The van der Waals surface area contributed by atoms with Gasteiger partial charge in [-0.2, -0.15) is 0 Å². The summed E-state index contributed by atoms with van der Waals surface area (Å²) < 4.78 is 16.4. The smallest absolute Gasteiger partial charge is 0.331 e. The molecule has 0 saturated carbocycles. The minimum absolute atomic E-state index is 0.270. The Morgan fingerprint density at radius 1 is 0.938 bits per heavy atom. The van der Waals surface area contributed by atoms with Gasteiger partial charge in [-0.3, -0.25) is 0 Å². The van der Waals surface area contributed by atoms with Crippen molar-refractivity contribution in [1.82, 2.24) is 0 Å². The molecule has 1 saturated heterocycles. The molecule has 0 aliphatic carbocycles. The van der Waals surface area contributed by atoms with Crippen LogP contribution in [0, 0.1) is 5.92 Å². The molecule has 0 N–H and O–H groups in total. The van der Waals surface area contributed by atoms with Gasteiger partial charge in [-0.1, -0.05) is 74.5 Å². The minimum atomic E-state index is -0.548. The van der Waals surface area contributed by atoms with Gasteiger partial charge in [0.05, 0.1) is 13.2 Å². The van der Waals surface area contributed by atoms with Crippen LogP contribution in [0.15, 0.2) is 72.8 Å². The van der Waals surface area contributed by atoms with Crippen LogP contribution in [0.5, 0.6) is 0 Å². The molecule has 32 heavy (non-hydrogen) atoms. The fourth-order valence-electron chi connectivity index (χ4n) is 4.08. The van der Waals surface area contributed by atoms with E-state index >= 15 is 0 Å². The molecule has 0 bridgehead atoms. The van der Waals surface area contributed by atoms with Gasteiger partial charge in [-0.05, 0) is 43.2 Å². The summed E-state index contributed by atoms with van der Waals surface area (Å²) in [6, 6.07) is 20.6. The highest BCUT2D eigenvalue weighted by atomic mass is 16.5. The van der Waals surface area contributed by atoms with Crippen LogP contribution in [0.25, 0.3) is 0 Å². The predicted octanol–water partition coefficient (Wildman–Crippen LogP) is 5.44. The van der Waals surface area contributed by atoms with Crippen LogP contribution in [0.3, 0.4) is 0 Å². The Morgan fingerprint density at radius 3 is 2.00 bits per heavy atom. The van der Waals surface area contributed by atoms with Crippen LogP contribution >= 0.6 is 0 Å². The van der Waals surface area contributed by atoms with E-state index in [9.17, 15) is 9.59 Å². The Labute approximate surface area is 191 Å². The summed E-state index contributed by atoms with van der Waals surface area (Å²) in [4.78, 5) is 23.0. The summed E-state index contributed by atoms with van der Waals surface area (Å²) >= 11 is 0. The SMILES string of the molecule is CC.CCOC(=O)/C=C\C(=O)OCCCC1CCOC1(c1ccccc1)c1ccccc1. The molecule has 0 spiro atoms. The van der Waals surface area contributed by atoms with Crippen LogP contribution in [-0.4, -0.2) is 31.8 Å². The van der Waals surface area contributed by atoms with Gasteiger partial charge < -0.3 is 14.2 Å². The molecule has 1 fully saturated rings. The number of rotatable bonds is 9. The molecule has 0 aromatic heterocycles. The number of esters is 2. The van der Waals surface area contributed by atoms with Gasteiger partial charge in [0, 0.05) is 18.8 Å². The first-order valence-electron chi connectivity index (χ1n) is 11.4. The average molecular weight is 439 g/mol. The highest BCUT2D eigenvalue weighted by Gasteiger charge is 2.46. The first kappa shape index (κ1) is 25.3. The molecular formula is C27H34O5. The summed E-state index contributed by atoms with van der Waals surface area (Å²) in [5, 5.41) is 0. The van der Waals surface area contributed by atoms with Crippen molar-refractivity contribution in [3.05, 3.63) is 83.9 Å². The maximum atomic E-state index is 11.8. The average Bonchev–Trinajstić information content (AvgIpc) is 3.28. The third-order valence-electron chi connectivity index (χ3n) is 5.36. The van der Waals surface area contributed by atoms with Gasteiger partial charge in [-0.15, -0.1) is 0 Å². The van der Waals surface area contributed by atoms with E-state index in [-0.39, 0.29) is 12.5 Å². The Morgan fingerprint density at radius 2 is 1.47 bits per heavy atom. The summed E-state index contributed by atoms with van der Waals surface area (Å²) in [6.07, 6.45) is 4.72. The molecule has 1 aliphatic heterocycles. The van der Waals surface area contributed by atoms with E-state index in [1.165, 1.54) is 0 Å². The van der Waals surface area contributed by atoms with E-state index in [1.54, 1.807) is 6.92 Å². The molecule has 5 heteroatoms. The fraction of sp³-hybridized carbons (Fsp3) is 0.407. The van der Waals surface area contributed by atoms with E-state index in [4.69, 9.17) is 14.2 Å². The predicted molar refractivity (Wildman–Crippen MR) is 125 cm³/mol. The van der Waals surface area contributed by atoms with Crippen LogP contribution in [0.4, 0.5) is 0 Å². The van der Waals surface area contributed by atoms with Crippen LogP contribution in [-0.2, 0) is 29.4 Å². The lowest BCUT2D eigenvalue weighted by molar-refractivity contribution is -0.140. The van der Waals surface area contributed by atoms with Gasteiger partial charge in [0.2, 0.25) is 0 Å². The molecule has 1 unspecified atom stereocenters. The molecule has 3 rings (SSSR count). The first-order valence-corrected chi connectivity index (χ1v) is 11.4. The highest BCUT2D eigenvalue weighted by Crippen LogP contribution is 2.48. The summed E-state index contributed by atoms with van der Waals surface area (Å²) in [5.41, 5.74) is 1.80. The fourth-order valence-corrected chi connectivity index (χ4v) is 4.08. The molecule has 5 nitrogen and oxygen atoms in total. The second-order valence-electron chi connectivity index (χ2n) is 7.20. The Balaban J connectivity index is 0.00000176. The summed E-state index contributed by atoms with van der Waals surface area (Å²) in [7, 11) is 0. The molecular weight excluding hydrogens is 404 g/mol. The number of carbonyl (C=O) groups excluding carboxylic acids is 2. The maximum Gasteiger partial charge on any atom is 0.331 e. The van der Waals surface area contributed by atoms with Crippen LogP contribution in [0.2, 0.25) is 0 Å². The third-order valence-corrected chi connectivity index (χ3v) is 5.36. The third kappa shape index (κ3) is 6.54. The Hall–Kier alpha value is -2.92. The number of hydrogen-bond acceptors (Lipinski definition) is 5. The van der Waals surface area contributed by atoms with Crippen molar-refractivity contribution < 1.29 is 23.8 Å². The van der Waals surface area contributed by atoms with Crippen molar-refractivity contribution in [2.45, 2.75) is 45.6 Å². The van der Waals surface area contributed by atoms with Crippen molar-refractivity contribution >= 4 is 11.9 Å². The minimum Gasteiger partial charge on any atom is -0.463 e. The molecule has 0 amide bonds. The van der Waals surface area contributed by atoms with Gasteiger partial charge in [0.15, 0.2) is 0 Å². The van der Waals surface area contributed by atoms with E-state index in [0.29, 0.717) is 19.6 Å². The highest BCUT2D eigenvalue weighted by molar-refractivity contribution is 5.91. The molecule has 1 aliphatic rings. The monoisotopic (exact) mass is 438 g/mol. The number of hydrogen-bond donors (Lipinski definition) is 0. The zero-order valence-corrected chi connectivity index (χ0v) is 19.3. The van der Waals surface area contributed by atoms with Crippen molar-refractivity contribution in [3.63, 3.8) is 0 Å². The lowest BCUT2D eigenvalue weighted by Gasteiger charge is -2.36. The van der Waals surface area contributed by atoms with Crippen molar-refractivity contribution in [2.24, 2.45) is 5.92 Å². The Kier molecular flexibility index (Phi) is 10.7. The largest absolute Gasteiger partial charge is 0.463 e. The molecule has 172 valence electrons. The second kappa shape index (κ2) is 13.5. The molecule has 0 radical (unpaired) electrons. The van der Waals surface area contributed by atoms with E-state index in [2.05, 4.69) is 24.3 Å². The maximum absolute atomic E-state index is 11.8. The zero-order valence-electron chi connectivity index (χ0n) is 19.3. The van der Waals surface area contributed by atoms with Gasteiger partial charge in [-0.25, -0.2) is 9.59 Å². The summed E-state index contributed by atoms with van der Waals surface area (Å²) in [6.45, 7) is 6.96. The molecule has 1 atom stereocenters. The lowest BCUT2D eigenvalue weighted by Crippen LogP contribution is -2.34. The zero-order chi connectivity index (χ0) is 23.2. The normalized spacial score (nSPS) is 16.8. The van der Waals surface area contributed by atoms with Gasteiger partial charge in [0.1, 0.15) is 5.60 Å². The van der Waals surface area contributed by atoms with Crippen LogP contribution < -0.4 is 0 Å². The van der Waals surface area contributed by atoms with E-state index in [1.807, 2.05) is 50.2 Å². The number of ether oxygens (including phenoxy) is 3. The van der Waals surface area contributed by atoms with Gasteiger partial charge >= 0.3 is 11.9 Å². The van der Waals surface area contributed by atoms with E-state index in [0.717, 1.165) is 36.1 Å².